The van der Waals surface area contributed by atoms with Crippen molar-refractivity contribution in [3.05, 3.63) is 46.1 Å². The first-order valence-corrected chi connectivity index (χ1v) is 5.01. The molecule has 0 unspecified atom stereocenters. The molecule has 0 aliphatic carbocycles. The molecule has 0 bridgehead atoms. The van der Waals surface area contributed by atoms with Crippen molar-refractivity contribution < 1.29 is 9.52 Å². The average molecular weight is 228 g/mol. The summed E-state index contributed by atoms with van der Waals surface area (Å²) < 4.78 is 4.79. The number of nitrogens with zero attached hydrogens (tertiary/aromatic N) is 1. The van der Waals surface area contributed by atoms with Crippen molar-refractivity contribution in [1.29, 1.82) is 0 Å². The van der Waals surface area contributed by atoms with E-state index in [9.17, 15) is 9.90 Å². The normalized spacial score (nSPS) is 15.4. The second-order valence-corrected chi connectivity index (χ2v) is 3.60. The van der Waals surface area contributed by atoms with E-state index in [1.165, 1.54) is 0 Å². The molecule has 0 amide bonds. The van der Waals surface area contributed by atoms with E-state index in [1.54, 1.807) is 12.3 Å². The van der Waals surface area contributed by atoms with E-state index in [0.29, 0.717) is 0 Å². The molecule has 84 valence electrons. The molecule has 0 saturated carbocycles. The van der Waals surface area contributed by atoms with Crippen LogP contribution in [0.5, 0.6) is 5.88 Å². The van der Waals surface area contributed by atoms with Crippen molar-refractivity contribution in [3.8, 4) is 5.88 Å². The fourth-order valence-corrected chi connectivity index (χ4v) is 1.73. The van der Waals surface area contributed by atoms with Crippen molar-refractivity contribution in [1.82, 2.24) is 4.98 Å². The van der Waals surface area contributed by atoms with Crippen molar-refractivity contribution >= 4 is 23.6 Å². The van der Waals surface area contributed by atoms with Crippen LogP contribution in [-0.2, 0) is 0 Å². The van der Waals surface area contributed by atoms with Crippen LogP contribution in [0, 0.1) is 0 Å². The van der Waals surface area contributed by atoms with Crippen LogP contribution < -0.4 is 5.76 Å². The third-order valence-corrected chi connectivity index (χ3v) is 2.50. The van der Waals surface area contributed by atoms with E-state index in [-0.39, 0.29) is 11.6 Å². The Morgan fingerprint density at radius 2 is 2.18 bits per heavy atom. The van der Waals surface area contributed by atoms with Gasteiger partial charge in [0, 0.05) is 17.4 Å². The monoisotopic (exact) mass is 228 g/mol. The first kappa shape index (κ1) is 9.65. The molecule has 0 radical (unpaired) electrons. The van der Waals surface area contributed by atoms with Gasteiger partial charge in [-0.05, 0) is 12.1 Å². The number of hydrogen-bond acceptors (Lipinski definition) is 4. The quantitative estimate of drug-likeness (QED) is 0.782. The van der Waals surface area contributed by atoms with Gasteiger partial charge in [0.25, 0.3) is 0 Å². The van der Waals surface area contributed by atoms with Gasteiger partial charge in [0.05, 0.1) is 5.69 Å². The van der Waals surface area contributed by atoms with Crippen molar-refractivity contribution in [2.75, 3.05) is 0 Å². The predicted molar refractivity (Wildman–Crippen MR) is 63.5 cm³/mol. The van der Waals surface area contributed by atoms with Crippen LogP contribution in [0.25, 0.3) is 11.6 Å². The number of nitrogens with one attached hydrogen (secondary N) is 1. The molecule has 2 aromatic rings. The number of rotatable bonds is 1. The zero-order chi connectivity index (χ0) is 11.8. The highest BCUT2D eigenvalue weighted by atomic mass is 16.4. The molecule has 2 heterocycles. The lowest BCUT2D eigenvalue weighted by Gasteiger charge is -1.97. The number of para-hydroxylation sites is 1. The average Bonchev–Trinajstić information content (AvgIpc) is 2.85. The summed E-state index contributed by atoms with van der Waals surface area (Å²) in [6, 6.07) is 7.59. The van der Waals surface area contributed by atoms with Crippen LogP contribution in [0.4, 0.5) is 5.69 Å². The van der Waals surface area contributed by atoms with Crippen molar-refractivity contribution in [3.63, 3.8) is 0 Å². The van der Waals surface area contributed by atoms with Crippen LogP contribution >= 0.6 is 0 Å². The lowest BCUT2D eigenvalue weighted by atomic mass is 10.1. The number of H-pyrrole nitrogens is 1. The summed E-state index contributed by atoms with van der Waals surface area (Å²) in [5.41, 5.74) is 2.59. The molecule has 0 spiro atoms. The maximum Gasteiger partial charge on any atom is 0.419 e. The number of fused-ring (bicyclic) bond motifs is 1. The van der Waals surface area contributed by atoms with Crippen molar-refractivity contribution in [2.45, 2.75) is 0 Å². The molecule has 1 aliphatic rings. The molecule has 17 heavy (non-hydrogen) atoms. The molecule has 3 rings (SSSR count). The van der Waals surface area contributed by atoms with E-state index in [2.05, 4.69) is 9.98 Å². The van der Waals surface area contributed by atoms with Gasteiger partial charge in [-0.25, -0.2) is 4.79 Å². The van der Waals surface area contributed by atoms with E-state index >= 15 is 0 Å². The van der Waals surface area contributed by atoms with Gasteiger partial charge in [0.2, 0.25) is 5.88 Å². The summed E-state index contributed by atoms with van der Waals surface area (Å²) in [7, 11) is 0. The number of aromatic amines is 1. The molecule has 5 nitrogen and oxygen atoms in total. The van der Waals surface area contributed by atoms with Crippen LogP contribution in [0.1, 0.15) is 11.3 Å². The minimum absolute atomic E-state index is 0.105. The Bertz CT molecular complexity index is 692. The molecular formula is C12H8N2O3. The lowest BCUT2D eigenvalue weighted by molar-refractivity contribution is 0.443. The summed E-state index contributed by atoms with van der Waals surface area (Å²) in [5, 5.41) is 9.40. The third kappa shape index (κ3) is 1.57. The number of aliphatic imine (C=N–C) groups is 1. The molecule has 1 aliphatic heterocycles. The Morgan fingerprint density at radius 3 is 2.94 bits per heavy atom. The molecule has 0 atom stereocenters. The summed E-state index contributed by atoms with van der Waals surface area (Å²) >= 11 is 0. The highest BCUT2D eigenvalue weighted by Crippen LogP contribution is 2.32. The number of oxazole rings is 1. The topological polar surface area (TPSA) is 78.6 Å². The number of aromatic hydroxyl groups is 1. The number of aromatic nitrogens is 1. The maximum atomic E-state index is 10.9. The van der Waals surface area contributed by atoms with Gasteiger partial charge in [0.15, 0.2) is 5.76 Å². The summed E-state index contributed by atoms with van der Waals surface area (Å²) in [4.78, 5) is 17.2. The first-order valence-electron chi connectivity index (χ1n) is 5.01. The highest BCUT2D eigenvalue weighted by molar-refractivity contribution is 6.21. The Balaban J connectivity index is 2.11. The smallest absolute Gasteiger partial charge is 0.419 e. The molecule has 0 saturated heterocycles. The molecule has 1 aromatic heterocycles. The van der Waals surface area contributed by atoms with Crippen LogP contribution in [-0.4, -0.2) is 16.3 Å². The minimum Gasteiger partial charge on any atom is -0.492 e. The molecule has 2 N–H and O–H groups in total. The fourth-order valence-electron chi connectivity index (χ4n) is 1.73. The van der Waals surface area contributed by atoms with Gasteiger partial charge in [-0.3, -0.25) is 9.98 Å². The molecule has 1 aromatic carbocycles. The lowest BCUT2D eigenvalue weighted by Crippen LogP contribution is -1.92. The van der Waals surface area contributed by atoms with Gasteiger partial charge in [0.1, 0.15) is 0 Å². The zero-order valence-electron chi connectivity index (χ0n) is 8.68. The van der Waals surface area contributed by atoms with Gasteiger partial charge in [-0.1, -0.05) is 18.2 Å². The molecule has 0 fully saturated rings. The minimum atomic E-state index is -0.683. The van der Waals surface area contributed by atoms with Crippen LogP contribution in [0.3, 0.4) is 0 Å². The number of allylic oxidation sites excluding steroid dienone is 1. The van der Waals surface area contributed by atoms with Gasteiger partial charge in [-0.2, -0.15) is 0 Å². The van der Waals surface area contributed by atoms with E-state index in [1.807, 2.05) is 24.3 Å². The second kappa shape index (κ2) is 3.48. The SMILES string of the molecule is O=c1[nH]c(O)c(C=C2C=Nc3ccccc32)o1. The van der Waals surface area contributed by atoms with E-state index in [0.717, 1.165) is 16.8 Å². The second-order valence-electron chi connectivity index (χ2n) is 3.60. The highest BCUT2D eigenvalue weighted by Gasteiger charge is 2.13. The van der Waals surface area contributed by atoms with Crippen LogP contribution in [0.2, 0.25) is 0 Å². The van der Waals surface area contributed by atoms with Crippen molar-refractivity contribution in [2.24, 2.45) is 4.99 Å². The van der Waals surface area contributed by atoms with Gasteiger partial charge < -0.3 is 9.52 Å². The Labute approximate surface area is 95.8 Å². The summed E-state index contributed by atoms with van der Waals surface area (Å²) in [6.07, 6.45) is 3.24. The number of hydrogen-bond donors (Lipinski definition) is 2. The first-order chi connectivity index (χ1) is 8.24. The number of benzene rings is 1. The van der Waals surface area contributed by atoms with Gasteiger partial charge >= 0.3 is 5.76 Å². The standard InChI is InChI=1S/C12H8N2O3/c15-11-10(17-12(16)14-11)5-7-6-13-9-4-2-1-3-8(7)9/h1-6,15H,(H,14,16). The molecule has 5 heteroatoms. The summed E-state index contributed by atoms with van der Waals surface area (Å²) in [5.74, 6) is -0.856. The third-order valence-electron chi connectivity index (χ3n) is 2.50. The fraction of sp³-hybridized carbons (Fsp3) is 0. The Morgan fingerprint density at radius 1 is 1.35 bits per heavy atom. The summed E-state index contributed by atoms with van der Waals surface area (Å²) in [6.45, 7) is 0. The van der Waals surface area contributed by atoms with Crippen LogP contribution in [0.15, 0.2) is 38.5 Å². The Kier molecular flexibility index (Phi) is 1.98. The molecular weight excluding hydrogens is 220 g/mol. The maximum absolute atomic E-state index is 10.9. The Hall–Kier alpha value is -2.56. The predicted octanol–water partition coefficient (Wildman–Crippen LogP) is 1.93. The largest absolute Gasteiger partial charge is 0.492 e. The van der Waals surface area contributed by atoms with E-state index < -0.39 is 5.76 Å². The zero-order valence-corrected chi connectivity index (χ0v) is 8.68. The van der Waals surface area contributed by atoms with Gasteiger partial charge in [-0.15, -0.1) is 0 Å². The van der Waals surface area contributed by atoms with E-state index in [4.69, 9.17) is 4.42 Å².